The zero-order valence-electron chi connectivity index (χ0n) is 14.1. The molecule has 0 saturated heterocycles. The highest BCUT2D eigenvalue weighted by Gasteiger charge is 2.32. The van der Waals surface area contributed by atoms with Crippen molar-refractivity contribution in [2.75, 3.05) is 5.32 Å². The van der Waals surface area contributed by atoms with Gasteiger partial charge in [0.1, 0.15) is 6.17 Å². The second-order valence-corrected chi connectivity index (χ2v) is 6.42. The van der Waals surface area contributed by atoms with Crippen LogP contribution in [0.2, 0.25) is 0 Å². The first-order chi connectivity index (χ1) is 12.2. The van der Waals surface area contributed by atoms with Crippen LogP contribution in [-0.4, -0.2) is 10.8 Å². The molecule has 25 heavy (non-hydrogen) atoms. The molecule has 0 radical (unpaired) electrons. The van der Waals surface area contributed by atoms with Crippen molar-refractivity contribution in [2.24, 2.45) is 0 Å². The van der Waals surface area contributed by atoms with E-state index >= 15 is 0 Å². The van der Waals surface area contributed by atoms with Gasteiger partial charge in [0.15, 0.2) is 0 Å². The zero-order valence-corrected chi connectivity index (χ0v) is 14.1. The third kappa shape index (κ3) is 3.01. The Labute approximate surface area is 147 Å². The number of hydrogen-bond acceptors (Lipinski definition) is 2. The quantitative estimate of drug-likeness (QED) is 0.751. The molecule has 1 aliphatic heterocycles. The van der Waals surface area contributed by atoms with Gasteiger partial charge in [0.25, 0.3) is 5.91 Å². The molecule has 0 aromatic heterocycles. The van der Waals surface area contributed by atoms with Crippen molar-refractivity contribution >= 4 is 11.6 Å². The Morgan fingerprint density at radius 1 is 0.880 bits per heavy atom. The third-order valence-electron chi connectivity index (χ3n) is 4.61. The minimum absolute atomic E-state index is 0.0591. The lowest BCUT2D eigenvalue weighted by molar-refractivity contribution is 0.0666. The van der Waals surface area contributed by atoms with E-state index in [1.54, 1.807) is 0 Å². The van der Waals surface area contributed by atoms with E-state index in [1.807, 2.05) is 47.4 Å². The van der Waals surface area contributed by atoms with Gasteiger partial charge in [0.05, 0.1) is 5.56 Å². The van der Waals surface area contributed by atoms with E-state index in [9.17, 15) is 4.79 Å². The van der Waals surface area contributed by atoms with E-state index in [0.717, 1.165) is 22.4 Å². The number of fused-ring (bicyclic) bond motifs is 1. The molecule has 4 rings (SSSR count). The molecule has 3 aromatic rings. The smallest absolute Gasteiger partial charge is 0.258 e. The molecular weight excluding hydrogens is 308 g/mol. The van der Waals surface area contributed by atoms with E-state index in [2.05, 4.69) is 48.6 Å². The number of aryl methyl sites for hydroxylation is 1. The number of para-hydroxylation sites is 1. The molecule has 0 aliphatic carbocycles. The van der Waals surface area contributed by atoms with Crippen LogP contribution >= 0.6 is 0 Å². The summed E-state index contributed by atoms with van der Waals surface area (Å²) in [6.07, 6.45) is -0.178. The molecule has 1 heterocycles. The van der Waals surface area contributed by atoms with Crippen LogP contribution in [0.15, 0.2) is 78.9 Å². The molecule has 3 aromatic carbocycles. The molecule has 0 unspecified atom stereocenters. The monoisotopic (exact) mass is 328 g/mol. The van der Waals surface area contributed by atoms with Gasteiger partial charge in [0.2, 0.25) is 0 Å². The summed E-state index contributed by atoms with van der Waals surface area (Å²) in [6, 6.07) is 26.2. The van der Waals surface area contributed by atoms with Crippen LogP contribution in [0.1, 0.15) is 33.2 Å². The molecule has 0 bridgehead atoms. The Hall–Kier alpha value is -3.07. The molecule has 0 fully saturated rings. The number of hydrogen-bond donors (Lipinski definition) is 1. The first-order valence-corrected chi connectivity index (χ1v) is 8.49. The zero-order chi connectivity index (χ0) is 17.2. The highest BCUT2D eigenvalue weighted by Crippen LogP contribution is 2.34. The van der Waals surface area contributed by atoms with Gasteiger partial charge in [0, 0.05) is 12.2 Å². The maximum Gasteiger partial charge on any atom is 0.258 e. The summed E-state index contributed by atoms with van der Waals surface area (Å²) in [5.41, 5.74) is 5.03. The van der Waals surface area contributed by atoms with Gasteiger partial charge in [-0.15, -0.1) is 0 Å². The molecule has 1 N–H and O–H groups in total. The summed E-state index contributed by atoms with van der Waals surface area (Å²) in [5, 5.41) is 3.54. The number of rotatable bonds is 3. The van der Waals surface area contributed by atoms with E-state index in [4.69, 9.17) is 0 Å². The highest BCUT2D eigenvalue weighted by atomic mass is 16.2. The Bertz CT molecular complexity index is 887. The van der Waals surface area contributed by atoms with Crippen LogP contribution in [0, 0.1) is 6.92 Å². The van der Waals surface area contributed by atoms with Crippen molar-refractivity contribution in [2.45, 2.75) is 19.6 Å². The van der Waals surface area contributed by atoms with Gasteiger partial charge in [-0.1, -0.05) is 72.3 Å². The lowest BCUT2D eigenvalue weighted by Crippen LogP contribution is -2.42. The fourth-order valence-corrected chi connectivity index (χ4v) is 3.25. The average Bonchev–Trinajstić information content (AvgIpc) is 2.65. The van der Waals surface area contributed by atoms with E-state index in [1.165, 1.54) is 5.56 Å². The standard InChI is InChI=1S/C22H20N2O/c1-16-11-13-18(14-12-16)21-23-20-10-6-5-9-19(20)22(25)24(21)15-17-7-3-2-4-8-17/h2-14,21,23H,15H2,1H3/t21-/m0/s1. The maximum atomic E-state index is 13.2. The van der Waals surface area contributed by atoms with Crippen molar-refractivity contribution in [3.63, 3.8) is 0 Å². The summed E-state index contributed by atoms with van der Waals surface area (Å²) in [6.45, 7) is 2.64. The molecule has 0 saturated carbocycles. The number of anilines is 1. The molecule has 1 amide bonds. The van der Waals surface area contributed by atoms with E-state index in [0.29, 0.717) is 6.54 Å². The second kappa shape index (κ2) is 6.44. The van der Waals surface area contributed by atoms with Crippen molar-refractivity contribution in [3.05, 3.63) is 101 Å². The predicted molar refractivity (Wildman–Crippen MR) is 100 cm³/mol. The van der Waals surface area contributed by atoms with Gasteiger partial charge in [-0.25, -0.2) is 0 Å². The number of benzene rings is 3. The number of carbonyl (C=O) groups excluding carboxylic acids is 1. The van der Waals surface area contributed by atoms with Crippen LogP contribution in [0.5, 0.6) is 0 Å². The van der Waals surface area contributed by atoms with Gasteiger partial charge in [-0.3, -0.25) is 4.79 Å². The van der Waals surface area contributed by atoms with Crippen LogP contribution in [-0.2, 0) is 6.54 Å². The summed E-state index contributed by atoms with van der Waals surface area (Å²) < 4.78 is 0. The van der Waals surface area contributed by atoms with Crippen molar-refractivity contribution < 1.29 is 4.79 Å². The van der Waals surface area contributed by atoms with Crippen molar-refractivity contribution in [1.29, 1.82) is 0 Å². The van der Waals surface area contributed by atoms with Crippen molar-refractivity contribution in [3.8, 4) is 0 Å². The topological polar surface area (TPSA) is 32.3 Å². The number of amides is 1. The number of carbonyl (C=O) groups is 1. The minimum Gasteiger partial charge on any atom is -0.361 e. The molecule has 1 aliphatic rings. The summed E-state index contributed by atoms with van der Waals surface area (Å²) >= 11 is 0. The third-order valence-corrected chi connectivity index (χ3v) is 4.61. The average molecular weight is 328 g/mol. The van der Waals surface area contributed by atoms with Crippen molar-refractivity contribution in [1.82, 2.24) is 4.90 Å². The number of nitrogens with zero attached hydrogens (tertiary/aromatic N) is 1. The van der Waals surface area contributed by atoms with Gasteiger partial charge < -0.3 is 10.2 Å². The lowest BCUT2D eigenvalue weighted by atomic mass is 10.0. The Kier molecular flexibility index (Phi) is 3.98. The summed E-state index contributed by atoms with van der Waals surface area (Å²) in [5.74, 6) is 0.0591. The molecule has 3 nitrogen and oxygen atoms in total. The van der Waals surface area contributed by atoms with E-state index < -0.39 is 0 Å². The van der Waals surface area contributed by atoms with Crippen LogP contribution in [0.25, 0.3) is 0 Å². The first-order valence-electron chi connectivity index (χ1n) is 8.49. The van der Waals surface area contributed by atoms with E-state index in [-0.39, 0.29) is 12.1 Å². The normalized spacial score (nSPS) is 16.3. The van der Waals surface area contributed by atoms with Gasteiger partial charge in [-0.05, 0) is 30.2 Å². The predicted octanol–water partition coefficient (Wildman–Crippen LogP) is 4.76. The Balaban J connectivity index is 1.75. The SMILES string of the molecule is Cc1ccc([C@H]2Nc3ccccc3C(=O)N2Cc2ccccc2)cc1. The molecule has 1 atom stereocenters. The summed E-state index contributed by atoms with van der Waals surface area (Å²) in [7, 11) is 0. The first kappa shape index (κ1) is 15.5. The fraction of sp³-hybridized carbons (Fsp3) is 0.136. The maximum absolute atomic E-state index is 13.2. The number of nitrogens with one attached hydrogen (secondary N) is 1. The minimum atomic E-state index is -0.178. The van der Waals surface area contributed by atoms with Crippen LogP contribution < -0.4 is 5.32 Å². The Morgan fingerprint density at radius 3 is 2.32 bits per heavy atom. The second-order valence-electron chi connectivity index (χ2n) is 6.42. The molecular formula is C22H20N2O. The molecule has 124 valence electrons. The van der Waals surface area contributed by atoms with Gasteiger partial charge >= 0.3 is 0 Å². The van der Waals surface area contributed by atoms with Crippen LogP contribution in [0.3, 0.4) is 0 Å². The fourth-order valence-electron chi connectivity index (χ4n) is 3.25. The van der Waals surface area contributed by atoms with Crippen LogP contribution in [0.4, 0.5) is 5.69 Å². The molecule has 3 heteroatoms. The van der Waals surface area contributed by atoms with Gasteiger partial charge in [-0.2, -0.15) is 0 Å². The highest BCUT2D eigenvalue weighted by molar-refractivity contribution is 6.01. The molecule has 0 spiro atoms. The Morgan fingerprint density at radius 2 is 1.56 bits per heavy atom. The largest absolute Gasteiger partial charge is 0.361 e. The lowest BCUT2D eigenvalue weighted by Gasteiger charge is -2.38. The summed E-state index contributed by atoms with van der Waals surface area (Å²) in [4.78, 5) is 15.1.